The van der Waals surface area contributed by atoms with Gasteiger partial charge in [-0.3, -0.25) is 8.98 Å². The average molecular weight is 352 g/mol. The summed E-state index contributed by atoms with van der Waals surface area (Å²) < 4.78 is 58.4. The van der Waals surface area contributed by atoms with Crippen LogP contribution in [0.3, 0.4) is 0 Å². The van der Waals surface area contributed by atoms with Crippen molar-refractivity contribution in [2.45, 2.75) is 25.4 Å². The van der Waals surface area contributed by atoms with E-state index in [1.165, 1.54) is 0 Å². The Hall–Kier alpha value is -1.58. The second kappa shape index (κ2) is 7.80. The minimum absolute atomic E-state index is 0.0783. The SMILES string of the molecule is CCCC(=O)OCC(O)(COS(C)(=O)=O)c1ccc(F)cc1F. The van der Waals surface area contributed by atoms with Crippen molar-refractivity contribution in [1.29, 1.82) is 0 Å². The number of carbonyl (C=O) groups excluding carboxylic acids is 1. The first-order valence-electron chi connectivity index (χ1n) is 6.75. The van der Waals surface area contributed by atoms with Gasteiger partial charge in [0.2, 0.25) is 0 Å². The van der Waals surface area contributed by atoms with Crippen molar-refractivity contribution in [3.05, 3.63) is 35.4 Å². The molecule has 0 bridgehead atoms. The van der Waals surface area contributed by atoms with Crippen LogP contribution >= 0.6 is 0 Å². The fourth-order valence-electron chi connectivity index (χ4n) is 1.74. The van der Waals surface area contributed by atoms with Gasteiger partial charge >= 0.3 is 5.97 Å². The highest BCUT2D eigenvalue weighted by Crippen LogP contribution is 2.26. The van der Waals surface area contributed by atoms with Crippen molar-refractivity contribution >= 4 is 16.1 Å². The molecule has 0 aromatic heterocycles. The van der Waals surface area contributed by atoms with Gasteiger partial charge in [-0.15, -0.1) is 0 Å². The number of hydrogen-bond acceptors (Lipinski definition) is 6. The van der Waals surface area contributed by atoms with Gasteiger partial charge in [-0.1, -0.05) is 13.0 Å². The molecule has 0 amide bonds. The van der Waals surface area contributed by atoms with Gasteiger partial charge in [0.15, 0.2) is 5.60 Å². The van der Waals surface area contributed by atoms with E-state index in [0.29, 0.717) is 12.5 Å². The van der Waals surface area contributed by atoms with E-state index in [-0.39, 0.29) is 6.42 Å². The molecule has 0 fully saturated rings. The molecule has 130 valence electrons. The highest BCUT2D eigenvalue weighted by Gasteiger charge is 2.36. The zero-order valence-electron chi connectivity index (χ0n) is 12.7. The van der Waals surface area contributed by atoms with E-state index in [1.54, 1.807) is 6.92 Å². The number of aliphatic hydroxyl groups is 1. The molecule has 6 nitrogen and oxygen atoms in total. The van der Waals surface area contributed by atoms with E-state index >= 15 is 0 Å². The molecule has 1 atom stereocenters. The van der Waals surface area contributed by atoms with Crippen molar-refractivity contribution in [3.63, 3.8) is 0 Å². The highest BCUT2D eigenvalue weighted by molar-refractivity contribution is 7.85. The molecule has 0 saturated heterocycles. The van der Waals surface area contributed by atoms with Gasteiger partial charge in [-0.05, 0) is 12.5 Å². The minimum Gasteiger partial charge on any atom is -0.462 e. The molecule has 0 heterocycles. The molecule has 1 aromatic carbocycles. The molecule has 0 radical (unpaired) electrons. The topological polar surface area (TPSA) is 89.9 Å². The Morgan fingerprint density at radius 2 is 1.96 bits per heavy atom. The monoisotopic (exact) mass is 352 g/mol. The predicted octanol–water partition coefficient (Wildman–Crippen LogP) is 1.47. The van der Waals surface area contributed by atoms with Gasteiger partial charge < -0.3 is 9.84 Å². The zero-order valence-corrected chi connectivity index (χ0v) is 13.5. The zero-order chi connectivity index (χ0) is 17.7. The molecule has 0 aliphatic carbocycles. The van der Waals surface area contributed by atoms with Gasteiger partial charge in [0, 0.05) is 18.1 Å². The van der Waals surface area contributed by atoms with Gasteiger partial charge in [0.25, 0.3) is 10.1 Å². The quantitative estimate of drug-likeness (QED) is 0.563. The van der Waals surface area contributed by atoms with Crippen molar-refractivity contribution in [2.75, 3.05) is 19.5 Å². The van der Waals surface area contributed by atoms with Crippen LogP contribution in [0.4, 0.5) is 8.78 Å². The van der Waals surface area contributed by atoms with E-state index in [2.05, 4.69) is 4.18 Å². The van der Waals surface area contributed by atoms with Gasteiger partial charge in [-0.25, -0.2) is 8.78 Å². The van der Waals surface area contributed by atoms with Crippen LogP contribution in [0.15, 0.2) is 18.2 Å². The lowest BCUT2D eigenvalue weighted by Crippen LogP contribution is -2.39. The highest BCUT2D eigenvalue weighted by atomic mass is 32.2. The number of ether oxygens (including phenoxy) is 1. The summed E-state index contributed by atoms with van der Waals surface area (Å²) >= 11 is 0. The lowest BCUT2D eigenvalue weighted by molar-refractivity contribution is -0.154. The number of carbonyl (C=O) groups is 1. The third kappa shape index (κ3) is 6.20. The van der Waals surface area contributed by atoms with Crippen LogP contribution in [0.2, 0.25) is 0 Å². The summed E-state index contributed by atoms with van der Waals surface area (Å²) in [6, 6.07) is 2.34. The third-order valence-electron chi connectivity index (χ3n) is 2.87. The number of hydrogen-bond donors (Lipinski definition) is 1. The summed E-state index contributed by atoms with van der Waals surface area (Å²) in [5, 5.41) is 10.5. The van der Waals surface area contributed by atoms with E-state index in [9.17, 15) is 27.1 Å². The Morgan fingerprint density at radius 1 is 1.30 bits per heavy atom. The normalized spacial score (nSPS) is 14.3. The molecule has 9 heteroatoms. The van der Waals surface area contributed by atoms with Crippen LogP contribution < -0.4 is 0 Å². The molecule has 1 rings (SSSR count). The Bertz CT molecular complexity index is 661. The van der Waals surface area contributed by atoms with Crippen LogP contribution in [0, 0.1) is 11.6 Å². The van der Waals surface area contributed by atoms with Crippen molar-refractivity contribution in [1.82, 2.24) is 0 Å². The van der Waals surface area contributed by atoms with Gasteiger partial charge in [0.1, 0.15) is 24.8 Å². The lowest BCUT2D eigenvalue weighted by Gasteiger charge is -2.27. The number of rotatable bonds is 8. The summed E-state index contributed by atoms with van der Waals surface area (Å²) in [5.41, 5.74) is -2.71. The summed E-state index contributed by atoms with van der Waals surface area (Å²) in [7, 11) is -3.93. The summed E-state index contributed by atoms with van der Waals surface area (Å²) in [6.45, 7) is 0.123. The van der Waals surface area contributed by atoms with Gasteiger partial charge in [0.05, 0.1) is 6.26 Å². The molecule has 1 N–H and O–H groups in total. The maximum atomic E-state index is 13.9. The second-order valence-corrected chi connectivity index (χ2v) is 6.68. The van der Waals surface area contributed by atoms with Crippen molar-refractivity contribution < 1.29 is 36.0 Å². The molecular weight excluding hydrogens is 334 g/mol. The lowest BCUT2D eigenvalue weighted by atomic mass is 9.95. The van der Waals surface area contributed by atoms with E-state index in [0.717, 1.165) is 18.4 Å². The molecule has 1 unspecified atom stereocenters. The smallest absolute Gasteiger partial charge is 0.305 e. The Balaban J connectivity index is 3.06. The van der Waals surface area contributed by atoms with E-state index in [4.69, 9.17) is 4.74 Å². The average Bonchev–Trinajstić information content (AvgIpc) is 2.42. The second-order valence-electron chi connectivity index (χ2n) is 5.03. The largest absolute Gasteiger partial charge is 0.462 e. The maximum absolute atomic E-state index is 13.9. The van der Waals surface area contributed by atoms with Gasteiger partial charge in [-0.2, -0.15) is 8.42 Å². The predicted molar refractivity (Wildman–Crippen MR) is 76.9 cm³/mol. The molecule has 23 heavy (non-hydrogen) atoms. The summed E-state index contributed by atoms with van der Waals surface area (Å²) in [6.07, 6.45) is 1.33. The van der Waals surface area contributed by atoms with Crippen molar-refractivity contribution in [2.24, 2.45) is 0 Å². The van der Waals surface area contributed by atoms with Crippen LogP contribution in [0.5, 0.6) is 0 Å². The van der Waals surface area contributed by atoms with Crippen LogP contribution in [-0.2, 0) is 29.4 Å². The maximum Gasteiger partial charge on any atom is 0.305 e. The first kappa shape index (κ1) is 19.5. The summed E-state index contributed by atoms with van der Waals surface area (Å²) in [4.78, 5) is 11.4. The number of halogens is 2. The Labute approximate surface area is 133 Å². The Kier molecular flexibility index (Phi) is 6.60. The standard InChI is InChI=1S/C14H18F2O6S/c1-3-4-13(17)21-8-14(18,9-22-23(2,19)20)11-6-5-10(15)7-12(11)16/h5-7,18H,3-4,8-9H2,1-2H3. The fraction of sp³-hybridized carbons (Fsp3) is 0.500. The van der Waals surface area contributed by atoms with E-state index < -0.39 is 52.1 Å². The first-order chi connectivity index (χ1) is 10.6. The molecule has 0 aliphatic rings. The molecular formula is C14H18F2O6S. The molecule has 0 saturated carbocycles. The molecule has 0 spiro atoms. The van der Waals surface area contributed by atoms with Crippen LogP contribution in [-0.4, -0.2) is 39.0 Å². The third-order valence-corrected chi connectivity index (χ3v) is 3.42. The van der Waals surface area contributed by atoms with Crippen LogP contribution in [0.25, 0.3) is 0 Å². The first-order valence-corrected chi connectivity index (χ1v) is 8.57. The van der Waals surface area contributed by atoms with Crippen molar-refractivity contribution in [3.8, 4) is 0 Å². The van der Waals surface area contributed by atoms with Crippen LogP contribution in [0.1, 0.15) is 25.3 Å². The molecule has 1 aromatic rings. The number of esters is 1. The summed E-state index contributed by atoms with van der Waals surface area (Å²) in [5.74, 6) is -2.63. The van der Waals surface area contributed by atoms with E-state index in [1.807, 2.05) is 0 Å². The fourth-order valence-corrected chi connectivity index (χ4v) is 2.15. The molecule has 0 aliphatic heterocycles. The Morgan fingerprint density at radius 3 is 2.48 bits per heavy atom. The number of benzene rings is 1. The minimum atomic E-state index is -3.93.